The number of hydrogen-bond donors (Lipinski definition) is 1. The van der Waals surface area contributed by atoms with Gasteiger partial charge >= 0.3 is 0 Å². The van der Waals surface area contributed by atoms with E-state index in [0.29, 0.717) is 6.10 Å². The molecule has 0 radical (unpaired) electrons. The van der Waals surface area contributed by atoms with Gasteiger partial charge in [-0.3, -0.25) is 0 Å². The highest BCUT2D eigenvalue weighted by molar-refractivity contribution is 4.67. The van der Waals surface area contributed by atoms with Gasteiger partial charge in [-0.25, -0.2) is 0 Å². The van der Waals surface area contributed by atoms with E-state index in [1.807, 2.05) is 0 Å². The lowest BCUT2D eigenvalue weighted by Crippen LogP contribution is -2.39. The smallest absolute Gasteiger partial charge is 0.0712 e. The van der Waals surface area contributed by atoms with Crippen molar-refractivity contribution in [2.45, 2.75) is 12.5 Å². The monoisotopic (exact) mass is 158 g/mol. The number of rotatable bonds is 3. The highest BCUT2D eigenvalue weighted by atomic mass is 16.5. The van der Waals surface area contributed by atoms with Gasteiger partial charge in [0.05, 0.1) is 12.7 Å². The van der Waals surface area contributed by atoms with E-state index in [4.69, 9.17) is 4.74 Å². The summed E-state index contributed by atoms with van der Waals surface area (Å²) in [5, 5.41) is 3.32. The van der Waals surface area contributed by atoms with Crippen molar-refractivity contribution in [2.24, 2.45) is 0 Å². The van der Waals surface area contributed by atoms with E-state index in [1.165, 1.54) is 0 Å². The molecule has 1 atom stereocenters. The van der Waals surface area contributed by atoms with Crippen molar-refractivity contribution < 1.29 is 4.74 Å². The maximum atomic E-state index is 5.54. The van der Waals surface area contributed by atoms with Crippen molar-refractivity contribution in [3.63, 3.8) is 0 Å². The summed E-state index contributed by atoms with van der Waals surface area (Å²) >= 11 is 0. The summed E-state index contributed by atoms with van der Waals surface area (Å²) in [7, 11) is 4.19. The molecule has 0 aromatic heterocycles. The van der Waals surface area contributed by atoms with Crippen molar-refractivity contribution in [3.8, 4) is 0 Å². The molecule has 1 aliphatic heterocycles. The van der Waals surface area contributed by atoms with Crippen LogP contribution in [0, 0.1) is 0 Å². The molecule has 0 saturated carbocycles. The van der Waals surface area contributed by atoms with Crippen molar-refractivity contribution >= 4 is 0 Å². The van der Waals surface area contributed by atoms with Crippen LogP contribution in [-0.2, 0) is 4.74 Å². The number of ether oxygens (including phenoxy) is 1. The highest BCUT2D eigenvalue weighted by Crippen LogP contribution is 2.01. The first-order valence-electron chi connectivity index (χ1n) is 4.26. The van der Waals surface area contributed by atoms with Crippen molar-refractivity contribution in [2.75, 3.05) is 40.3 Å². The predicted molar refractivity (Wildman–Crippen MR) is 45.8 cm³/mol. The molecule has 0 aromatic rings. The second kappa shape index (κ2) is 4.70. The van der Waals surface area contributed by atoms with E-state index >= 15 is 0 Å². The molecule has 0 aliphatic carbocycles. The molecule has 1 aliphatic rings. The zero-order valence-corrected chi connectivity index (χ0v) is 7.47. The number of morpholine rings is 1. The Labute approximate surface area is 68.7 Å². The second-order valence-electron chi connectivity index (χ2n) is 3.29. The second-order valence-corrected chi connectivity index (χ2v) is 3.29. The minimum absolute atomic E-state index is 0.436. The first-order valence-corrected chi connectivity index (χ1v) is 4.26. The third-order valence-electron chi connectivity index (χ3n) is 1.90. The van der Waals surface area contributed by atoms with Gasteiger partial charge in [0.25, 0.3) is 0 Å². The summed E-state index contributed by atoms with van der Waals surface area (Å²) in [4.78, 5) is 2.19. The van der Waals surface area contributed by atoms with Crippen molar-refractivity contribution in [3.05, 3.63) is 0 Å². The Morgan fingerprint density at radius 3 is 2.91 bits per heavy atom. The fourth-order valence-corrected chi connectivity index (χ4v) is 1.21. The first-order chi connectivity index (χ1) is 5.29. The Balaban J connectivity index is 2.05. The number of hydrogen-bond acceptors (Lipinski definition) is 3. The third kappa shape index (κ3) is 3.70. The van der Waals surface area contributed by atoms with Gasteiger partial charge < -0.3 is 15.0 Å². The fraction of sp³-hybridized carbons (Fsp3) is 1.00. The van der Waals surface area contributed by atoms with Gasteiger partial charge in [-0.2, -0.15) is 0 Å². The summed E-state index contributed by atoms with van der Waals surface area (Å²) in [5.74, 6) is 0. The maximum absolute atomic E-state index is 5.54. The number of nitrogens with one attached hydrogen (secondary N) is 1. The lowest BCUT2D eigenvalue weighted by Gasteiger charge is -2.24. The highest BCUT2D eigenvalue weighted by Gasteiger charge is 2.12. The van der Waals surface area contributed by atoms with E-state index < -0.39 is 0 Å². The zero-order valence-electron chi connectivity index (χ0n) is 7.47. The largest absolute Gasteiger partial charge is 0.376 e. The summed E-state index contributed by atoms with van der Waals surface area (Å²) < 4.78 is 5.54. The molecule has 0 unspecified atom stereocenters. The van der Waals surface area contributed by atoms with E-state index in [2.05, 4.69) is 24.3 Å². The van der Waals surface area contributed by atoms with Crippen molar-refractivity contribution in [1.82, 2.24) is 10.2 Å². The van der Waals surface area contributed by atoms with Crippen LogP contribution in [0.3, 0.4) is 0 Å². The Bertz CT molecular complexity index is 100. The van der Waals surface area contributed by atoms with Crippen LogP contribution in [-0.4, -0.2) is 51.3 Å². The Morgan fingerprint density at radius 2 is 2.36 bits per heavy atom. The van der Waals surface area contributed by atoms with Crippen LogP contribution in [0.2, 0.25) is 0 Å². The lowest BCUT2D eigenvalue weighted by molar-refractivity contribution is 0.0198. The summed E-state index contributed by atoms with van der Waals surface area (Å²) in [5.41, 5.74) is 0. The average molecular weight is 158 g/mol. The molecule has 0 spiro atoms. The molecule has 0 aromatic carbocycles. The molecular weight excluding hydrogens is 140 g/mol. The predicted octanol–water partition coefficient (Wildman–Crippen LogP) is -0.0735. The molecule has 1 heterocycles. The minimum Gasteiger partial charge on any atom is -0.376 e. The third-order valence-corrected chi connectivity index (χ3v) is 1.90. The zero-order chi connectivity index (χ0) is 8.10. The summed E-state index contributed by atoms with van der Waals surface area (Å²) in [6.07, 6.45) is 1.58. The van der Waals surface area contributed by atoms with Crippen LogP contribution in [0.4, 0.5) is 0 Å². The van der Waals surface area contributed by atoms with Gasteiger partial charge in [0.15, 0.2) is 0 Å². The van der Waals surface area contributed by atoms with Gasteiger partial charge in [0.1, 0.15) is 0 Å². The molecule has 11 heavy (non-hydrogen) atoms. The van der Waals surface area contributed by atoms with Crippen LogP contribution in [0.5, 0.6) is 0 Å². The summed E-state index contributed by atoms with van der Waals surface area (Å²) in [6.45, 7) is 4.02. The molecule has 0 bridgehead atoms. The lowest BCUT2D eigenvalue weighted by atomic mass is 10.2. The van der Waals surface area contributed by atoms with Gasteiger partial charge in [0, 0.05) is 19.6 Å². The van der Waals surface area contributed by atoms with E-state index in [0.717, 1.165) is 32.7 Å². The molecule has 0 amide bonds. The standard InChI is InChI=1S/C8H18N2O/c1-10(2)5-3-8-7-9-4-6-11-8/h8-9H,3-7H2,1-2H3/t8-/m1/s1. The Hall–Kier alpha value is -0.120. The first kappa shape index (κ1) is 8.97. The molecule has 66 valence electrons. The Morgan fingerprint density at radius 1 is 1.55 bits per heavy atom. The molecule has 1 N–H and O–H groups in total. The van der Waals surface area contributed by atoms with Crippen LogP contribution >= 0.6 is 0 Å². The average Bonchev–Trinajstić information content (AvgIpc) is 2.03. The Kier molecular flexibility index (Phi) is 3.83. The van der Waals surface area contributed by atoms with Gasteiger partial charge in [-0.1, -0.05) is 0 Å². The molecule has 1 saturated heterocycles. The molecular formula is C8H18N2O. The van der Waals surface area contributed by atoms with Crippen LogP contribution in [0.25, 0.3) is 0 Å². The normalized spacial score (nSPS) is 25.9. The topological polar surface area (TPSA) is 24.5 Å². The maximum Gasteiger partial charge on any atom is 0.0712 e. The quantitative estimate of drug-likeness (QED) is 0.622. The molecule has 1 rings (SSSR count). The van der Waals surface area contributed by atoms with Gasteiger partial charge in [0.2, 0.25) is 0 Å². The van der Waals surface area contributed by atoms with Crippen LogP contribution < -0.4 is 5.32 Å². The van der Waals surface area contributed by atoms with E-state index in [1.54, 1.807) is 0 Å². The van der Waals surface area contributed by atoms with Crippen LogP contribution in [0.1, 0.15) is 6.42 Å². The fourth-order valence-electron chi connectivity index (χ4n) is 1.21. The minimum atomic E-state index is 0.436. The SMILES string of the molecule is CN(C)CC[C@@H]1CNCCO1. The van der Waals surface area contributed by atoms with E-state index in [-0.39, 0.29) is 0 Å². The van der Waals surface area contributed by atoms with Crippen LogP contribution in [0.15, 0.2) is 0 Å². The van der Waals surface area contributed by atoms with Crippen molar-refractivity contribution in [1.29, 1.82) is 0 Å². The van der Waals surface area contributed by atoms with Gasteiger partial charge in [-0.15, -0.1) is 0 Å². The molecule has 3 nitrogen and oxygen atoms in total. The number of nitrogens with zero attached hydrogens (tertiary/aromatic N) is 1. The summed E-state index contributed by atoms with van der Waals surface area (Å²) in [6, 6.07) is 0. The van der Waals surface area contributed by atoms with E-state index in [9.17, 15) is 0 Å². The van der Waals surface area contributed by atoms with Gasteiger partial charge in [-0.05, 0) is 20.5 Å². The molecule has 1 fully saturated rings. The molecule has 3 heteroatoms.